The zero-order valence-corrected chi connectivity index (χ0v) is 13.3. The maximum atomic E-state index is 12.0. The number of carbonyl (C=O) groups is 1. The first-order valence-electron chi connectivity index (χ1n) is 7.46. The fraction of sp³-hybridized carbons (Fsp3) is 0.0556. The number of aliphatic hydroxyl groups excluding tert-OH is 1. The molecule has 4 N–H and O–H groups in total. The van der Waals surface area contributed by atoms with Crippen LogP contribution in [0.3, 0.4) is 0 Å². The maximum absolute atomic E-state index is 12.0. The number of imidazole rings is 1. The fourth-order valence-electron chi connectivity index (χ4n) is 2.30. The van der Waals surface area contributed by atoms with Gasteiger partial charge in [0, 0.05) is 6.07 Å². The van der Waals surface area contributed by atoms with Crippen LogP contribution in [0.2, 0.25) is 0 Å². The molecular formula is C18H13N3O5. The summed E-state index contributed by atoms with van der Waals surface area (Å²) in [6, 6.07) is 12.3. The summed E-state index contributed by atoms with van der Waals surface area (Å²) in [6.45, 7) is -0.584. The molecule has 3 rings (SSSR count). The van der Waals surface area contributed by atoms with Crippen molar-refractivity contribution in [3.05, 3.63) is 59.6 Å². The molecule has 0 aliphatic rings. The lowest BCUT2D eigenvalue weighted by Crippen LogP contribution is -2.09. The molecule has 0 atom stereocenters. The van der Waals surface area contributed by atoms with Gasteiger partial charge >= 0.3 is 5.97 Å². The minimum Gasteiger partial charge on any atom is -0.508 e. The number of hydrogen-bond acceptors (Lipinski definition) is 7. The number of aromatic hydroxyl groups is 2. The average Bonchev–Trinajstić information content (AvgIpc) is 3.04. The molecule has 8 heteroatoms. The van der Waals surface area contributed by atoms with Gasteiger partial charge in [0.05, 0.1) is 11.0 Å². The Hall–Kier alpha value is -3.99. The minimum atomic E-state index is -0.920. The Balaban J connectivity index is 1.81. The summed E-state index contributed by atoms with van der Waals surface area (Å²) < 4.78 is 4.91. The van der Waals surface area contributed by atoms with Gasteiger partial charge in [0.25, 0.3) is 0 Å². The lowest BCUT2D eigenvalue weighted by molar-refractivity contribution is 0.0499. The van der Waals surface area contributed by atoms with E-state index in [4.69, 9.17) is 4.74 Å². The van der Waals surface area contributed by atoms with Crippen LogP contribution < -0.4 is 0 Å². The van der Waals surface area contributed by atoms with Gasteiger partial charge in [-0.15, -0.1) is 0 Å². The lowest BCUT2D eigenvalue weighted by atomic mass is 10.2. The number of hydrogen-bond donors (Lipinski definition) is 4. The van der Waals surface area contributed by atoms with Gasteiger partial charge < -0.3 is 25.0 Å². The number of esters is 1. The first-order valence-corrected chi connectivity index (χ1v) is 7.46. The molecule has 26 heavy (non-hydrogen) atoms. The highest BCUT2D eigenvalue weighted by Gasteiger charge is 2.17. The molecule has 1 heterocycles. The number of nitrogens with one attached hydrogen (secondary N) is 1. The number of rotatable bonds is 4. The van der Waals surface area contributed by atoms with E-state index >= 15 is 0 Å². The van der Waals surface area contributed by atoms with Crippen LogP contribution >= 0.6 is 0 Å². The van der Waals surface area contributed by atoms with Crippen molar-refractivity contribution in [1.82, 2.24) is 9.97 Å². The van der Waals surface area contributed by atoms with Crippen molar-refractivity contribution in [3.63, 3.8) is 0 Å². The Morgan fingerprint density at radius 1 is 1.23 bits per heavy atom. The number of fused-ring (bicyclic) bond motifs is 1. The molecule has 0 saturated heterocycles. The van der Waals surface area contributed by atoms with Crippen LogP contribution in [-0.4, -0.2) is 37.9 Å². The van der Waals surface area contributed by atoms with Crippen molar-refractivity contribution < 1.29 is 24.9 Å². The normalized spacial score (nSPS) is 11.7. The van der Waals surface area contributed by atoms with E-state index in [2.05, 4.69) is 9.97 Å². The second-order valence-corrected chi connectivity index (χ2v) is 5.31. The molecule has 130 valence electrons. The van der Waals surface area contributed by atoms with E-state index in [9.17, 15) is 25.4 Å². The largest absolute Gasteiger partial charge is 0.508 e. The van der Waals surface area contributed by atoms with Gasteiger partial charge in [-0.25, -0.2) is 9.78 Å². The van der Waals surface area contributed by atoms with Crippen molar-refractivity contribution in [2.24, 2.45) is 0 Å². The number of para-hydroxylation sites is 2. The predicted molar refractivity (Wildman–Crippen MR) is 91.3 cm³/mol. The summed E-state index contributed by atoms with van der Waals surface area (Å²) >= 11 is 0. The Kier molecular flexibility index (Phi) is 4.45. The highest BCUT2D eigenvalue weighted by Crippen LogP contribution is 2.24. The first kappa shape index (κ1) is 16.9. The van der Waals surface area contributed by atoms with E-state index in [1.807, 2.05) is 6.07 Å². The Morgan fingerprint density at radius 2 is 2.00 bits per heavy atom. The van der Waals surface area contributed by atoms with Crippen molar-refractivity contribution >= 4 is 22.6 Å². The summed E-state index contributed by atoms with van der Waals surface area (Å²) in [4.78, 5) is 19.1. The van der Waals surface area contributed by atoms with Crippen molar-refractivity contribution in [2.45, 2.75) is 0 Å². The van der Waals surface area contributed by atoms with Crippen LogP contribution in [0.15, 0.2) is 48.2 Å². The Labute approximate surface area is 147 Å². The Bertz CT molecular complexity index is 1030. The van der Waals surface area contributed by atoms with Gasteiger partial charge in [0.1, 0.15) is 35.3 Å². The molecule has 2 aromatic carbocycles. The summed E-state index contributed by atoms with van der Waals surface area (Å²) in [5.74, 6) is -1.93. The molecule has 0 unspecified atom stereocenters. The highest BCUT2D eigenvalue weighted by molar-refractivity contribution is 5.92. The molecule has 0 spiro atoms. The number of benzene rings is 2. The van der Waals surface area contributed by atoms with E-state index in [-0.39, 0.29) is 22.7 Å². The van der Waals surface area contributed by atoms with Crippen LogP contribution in [0.4, 0.5) is 0 Å². The van der Waals surface area contributed by atoms with Crippen molar-refractivity contribution in [2.75, 3.05) is 6.61 Å². The average molecular weight is 351 g/mol. The number of allylic oxidation sites excluding steroid dienone is 1. The minimum absolute atomic E-state index is 0.148. The van der Waals surface area contributed by atoms with Gasteiger partial charge in [-0.3, -0.25) is 0 Å². The number of ether oxygens (including phenoxy) is 1. The molecule has 0 saturated carbocycles. The zero-order valence-electron chi connectivity index (χ0n) is 13.3. The van der Waals surface area contributed by atoms with E-state index < -0.39 is 24.1 Å². The molecular weight excluding hydrogens is 338 g/mol. The molecule has 0 radical (unpaired) electrons. The van der Waals surface area contributed by atoms with Crippen LogP contribution in [0.25, 0.3) is 16.6 Å². The number of nitriles is 1. The number of carbonyl (C=O) groups excluding carboxylic acids is 1. The predicted octanol–water partition coefficient (Wildman–Crippen LogP) is 2.62. The van der Waals surface area contributed by atoms with Crippen molar-refractivity contribution in [3.8, 4) is 17.6 Å². The van der Waals surface area contributed by atoms with E-state index in [0.29, 0.717) is 11.0 Å². The molecule has 0 bridgehead atoms. The third-order valence-electron chi connectivity index (χ3n) is 3.57. The van der Waals surface area contributed by atoms with E-state index in [0.717, 1.165) is 6.07 Å². The number of H-pyrrole nitrogens is 1. The van der Waals surface area contributed by atoms with Gasteiger partial charge in [0.15, 0.2) is 11.6 Å². The number of aromatic nitrogens is 2. The van der Waals surface area contributed by atoms with Crippen LogP contribution in [-0.2, 0) is 4.74 Å². The molecule has 3 aromatic rings. The molecule has 0 fully saturated rings. The number of aromatic amines is 1. The van der Waals surface area contributed by atoms with Crippen LogP contribution in [0.5, 0.6) is 11.5 Å². The second-order valence-electron chi connectivity index (χ2n) is 5.31. The van der Waals surface area contributed by atoms with E-state index in [1.54, 1.807) is 24.3 Å². The summed E-state index contributed by atoms with van der Waals surface area (Å²) in [5, 5.41) is 38.3. The lowest BCUT2D eigenvalue weighted by Gasteiger charge is -2.07. The van der Waals surface area contributed by atoms with E-state index in [1.165, 1.54) is 12.1 Å². The van der Waals surface area contributed by atoms with Crippen molar-refractivity contribution in [1.29, 1.82) is 5.26 Å². The molecule has 8 nitrogen and oxygen atoms in total. The number of phenols is 2. The topological polar surface area (TPSA) is 139 Å². The molecule has 1 aromatic heterocycles. The molecule has 0 aliphatic carbocycles. The summed E-state index contributed by atoms with van der Waals surface area (Å²) in [5.41, 5.74) is 0.963. The molecule has 0 aliphatic heterocycles. The fourth-order valence-corrected chi connectivity index (χ4v) is 2.30. The second kappa shape index (κ2) is 6.86. The standard InChI is InChI=1S/C18H13N3O5/c19-8-12(17-20-13-3-1-2-4-14(13)21-17)16(24)9-26-18(25)11-6-5-10(22)7-15(11)23/h1-7,22-24H,9H2,(H,20,21)/b16-12-. The quantitative estimate of drug-likeness (QED) is 0.322. The SMILES string of the molecule is N#C/C(=C(/O)COC(=O)c1ccc(O)cc1O)c1nc2ccccc2[nH]1. The van der Waals surface area contributed by atoms with Gasteiger partial charge in [-0.2, -0.15) is 5.26 Å². The first-order chi connectivity index (χ1) is 12.5. The third-order valence-corrected chi connectivity index (χ3v) is 3.57. The van der Waals surface area contributed by atoms with Gasteiger partial charge in [-0.05, 0) is 24.3 Å². The number of phenolic OH excluding ortho intramolecular Hbond substituents is 2. The Morgan fingerprint density at radius 3 is 2.69 bits per heavy atom. The number of aliphatic hydroxyl groups is 1. The zero-order chi connectivity index (χ0) is 18.7. The smallest absolute Gasteiger partial charge is 0.342 e. The van der Waals surface area contributed by atoms with Gasteiger partial charge in [-0.1, -0.05) is 12.1 Å². The monoisotopic (exact) mass is 351 g/mol. The number of nitrogens with zero attached hydrogens (tertiary/aromatic N) is 2. The highest BCUT2D eigenvalue weighted by atomic mass is 16.5. The summed E-state index contributed by atoms with van der Waals surface area (Å²) in [6.07, 6.45) is 0. The third kappa shape index (κ3) is 3.27. The van der Waals surface area contributed by atoms with Crippen LogP contribution in [0.1, 0.15) is 16.2 Å². The van der Waals surface area contributed by atoms with Gasteiger partial charge in [0.2, 0.25) is 0 Å². The maximum Gasteiger partial charge on any atom is 0.342 e. The van der Waals surface area contributed by atoms with Crippen LogP contribution in [0, 0.1) is 11.3 Å². The summed E-state index contributed by atoms with van der Waals surface area (Å²) in [7, 11) is 0. The molecule has 0 amide bonds.